The fourth-order valence-corrected chi connectivity index (χ4v) is 4.53. The van der Waals surface area contributed by atoms with E-state index in [-0.39, 0.29) is 35.7 Å². The van der Waals surface area contributed by atoms with Gasteiger partial charge in [-0.05, 0) is 29.3 Å². The van der Waals surface area contributed by atoms with Crippen molar-refractivity contribution in [1.82, 2.24) is 25.7 Å². The number of carbonyl (C=O) groups is 1. The molecular formula is C22H21N5O2. The number of nitrogens with one attached hydrogen (secondary N) is 2. The van der Waals surface area contributed by atoms with E-state index < -0.39 is 0 Å². The molecule has 4 unspecified atom stereocenters. The van der Waals surface area contributed by atoms with Crippen LogP contribution in [0.2, 0.25) is 0 Å². The van der Waals surface area contributed by atoms with Crippen molar-refractivity contribution < 1.29 is 9.90 Å². The number of hydrogen-bond acceptors (Lipinski definition) is 6. The van der Waals surface area contributed by atoms with Gasteiger partial charge in [0.2, 0.25) is 5.91 Å². The average Bonchev–Trinajstić information content (AvgIpc) is 3.29. The van der Waals surface area contributed by atoms with E-state index in [0.717, 1.165) is 16.7 Å². The van der Waals surface area contributed by atoms with Gasteiger partial charge in [-0.15, -0.1) is 0 Å². The number of phenols is 1. The number of fused-ring (bicyclic) bond motifs is 1. The highest BCUT2D eigenvalue weighted by atomic mass is 16.3. The SMILES string of the molecule is O=C1C2NNC(c3ccccc3O)C2C(c2cccnc2)N1Cc1cccnc1. The van der Waals surface area contributed by atoms with Crippen molar-refractivity contribution in [2.24, 2.45) is 5.92 Å². The smallest absolute Gasteiger partial charge is 0.242 e. The molecule has 0 spiro atoms. The number of aromatic hydroxyl groups is 1. The minimum atomic E-state index is -0.388. The highest BCUT2D eigenvalue weighted by molar-refractivity contribution is 5.86. The molecule has 7 nitrogen and oxygen atoms in total. The fourth-order valence-electron chi connectivity index (χ4n) is 4.53. The lowest BCUT2D eigenvalue weighted by atomic mass is 9.83. The first-order valence-corrected chi connectivity index (χ1v) is 9.62. The number of carbonyl (C=O) groups excluding carboxylic acids is 1. The molecule has 3 N–H and O–H groups in total. The number of phenolic OH excluding ortho intramolecular Hbond substituents is 1. The summed E-state index contributed by atoms with van der Waals surface area (Å²) >= 11 is 0. The topological polar surface area (TPSA) is 90.4 Å². The van der Waals surface area contributed by atoms with Crippen LogP contribution in [-0.4, -0.2) is 31.9 Å². The molecule has 2 fully saturated rings. The second-order valence-electron chi connectivity index (χ2n) is 7.44. The number of nitrogens with zero attached hydrogens (tertiary/aromatic N) is 3. The predicted molar refractivity (Wildman–Crippen MR) is 106 cm³/mol. The number of benzene rings is 1. The summed E-state index contributed by atoms with van der Waals surface area (Å²) < 4.78 is 0. The fraction of sp³-hybridized carbons (Fsp3) is 0.227. The Morgan fingerprint density at radius 1 is 0.931 bits per heavy atom. The van der Waals surface area contributed by atoms with Gasteiger partial charge in [0.1, 0.15) is 11.8 Å². The van der Waals surface area contributed by atoms with Crippen molar-refractivity contribution in [2.75, 3.05) is 0 Å². The second-order valence-corrected chi connectivity index (χ2v) is 7.44. The summed E-state index contributed by atoms with van der Waals surface area (Å²) in [6, 6.07) is 14.2. The number of hydrazine groups is 1. The van der Waals surface area contributed by atoms with Crippen LogP contribution >= 0.6 is 0 Å². The Kier molecular flexibility index (Phi) is 4.46. The summed E-state index contributed by atoms with van der Waals surface area (Å²) in [6.45, 7) is 0.467. The van der Waals surface area contributed by atoms with Crippen LogP contribution in [0.1, 0.15) is 28.8 Å². The summed E-state index contributed by atoms with van der Waals surface area (Å²) in [4.78, 5) is 23.7. The molecule has 0 saturated carbocycles. The lowest BCUT2D eigenvalue weighted by Crippen LogP contribution is -2.41. The van der Waals surface area contributed by atoms with Crippen molar-refractivity contribution >= 4 is 5.91 Å². The van der Waals surface area contributed by atoms with Crippen LogP contribution in [0.3, 0.4) is 0 Å². The van der Waals surface area contributed by atoms with Crippen LogP contribution in [0, 0.1) is 5.92 Å². The minimum absolute atomic E-state index is 0.0260. The maximum absolute atomic E-state index is 13.4. The van der Waals surface area contributed by atoms with Crippen LogP contribution in [0.15, 0.2) is 73.3 Å². The summed E-state index contributed by atoms with van der Waals surface area (Å²) in [5.41, 5.74) is 9.14. The van der Waals surface area contributed by atoms with Crippen molar-refractivity contribution in [3.05, 3.63) is 90.0 Å². The third-order valence-corrected chi connectivity index (χ3v) is 5.79. The van der Waals surface area contributed by atoms with Gasteiger partial charge in [0.05, 0.1) is 12.1 Å². The quantitative estimate of drug-likeness (QED) is 0.635. The average molecular weight is 387 g/mol. The first-order valence-electron chi connectivity index (χ1n) is 9.62. The zero-order chi connectivity index (χ0) is 19.8. The van der Waals surface area contributed by atoms with E-state index in [1.165, 1.54) is 0 Å². The van der Waals surface area contributed by atoms with Crippen LogP contribution in [-0.2, 0) is 11.3 Å². The van der Waals surface area contributed by atoms with E-state index in [4.69, 9.17) is 0 Å². The molecule has 4 heterocycles. The van der Waals surface area contributed by atoms with Crippen LogP contribution in [0.4, 0.5) is 0 Å². The molecule has 7 heteroatoms. The molecular weight excluding hydrogens is 366 g/mol. The lowest BCUT2D eigenvalue weighted by molar-refractivity contribution is -0.131. The Bertz CT molecular complexity index is 1010. The van der Waals surface area contributed by atoms with Gasteiger partial charge >= 0.3 is 0 Å². The van der Waals surface area contributed by atoms with E-state index in [0.29, 0.717) is 6.54 Å². The molecule has 3 aromatic rings. The third kappa shape index (κ3) is 3.04. The van der Waals surface area contributed by atoms with Gasteiger partial charge in [0.25, 0.3) is 0 Å². The zero-order valence-corrected chi connectivity index (χ0v) is 15.6. The largest absolute Gasteiger partial charge is 0.508 e. The minimum Gasteiger partial charge on any atom is -0.508 e. The third-order valence-electron chi connectivity index (χ3n) is 5.79. The number of rotatable bonds is 4. The molecule has 2 aromatic heterocycles. The van der Waals surface area contributed by atoms with Gasteiger partial charge < -0.3 is 10.0 Å². The molecule has 1 aromatic carbocycles. The number of aromatic nitrogens is 2. The maximum atomic E-state index is 13.4. The summed E-state index contributed by atoms with van der Waals surface area (Å²) in [7, 11) is 0. The van der Waals surface area contributed by atoms with E-state index in [1.807, 2.05) is 47.5 Å². The Labute approximate surface area is 168 Å². The molecule has 2 saturated heterocycles. The van der Waals surface area contributed by atoms with Crippen molar-refractivity contribution in [3.63, 3.8) is 0 Å². The lowest BCUT2D eigenvalue weighted by Gasteiger charge is -2.31. The Morgan fingerprint density at radius 2 is 1.69 bits per heavy atom. The number of para-hydroxylation sites is 1. The molecule has 1 amide bonds. The highest BCUT2D eigenvalue weighted by Crippen LogP contribution is 2.48. The van der Waals surface area contributed by atoms with Gasteiger partial charge in [-0.3, -0.25) is 14.8 Å². The van der Waals surface area contributed by atoms with Gasteiger partial charge in [-0.25, -0.2) is 10.9 Å². The molecule has 0 bridgehead atoms. The molecule has 5 rings (SSSR count). The molecule has 0 aliphatic carbocycles. The monoisotopic (exact) mass is 387 g/mol. The summed E-state index contributed by atoms with van der Waals surface area (Å²) in [5.74, 6) is 0.144. The number of amides is 1. The van der Waals surface area contributed by atoms with E-state index in [2.05, 4.69) is 20.8 Å². The predicted octanol–water partition coefficient (Wildman–Crippen LogP) is 2.10. The molecule has 0 radical (unpaired) electrons. The van der Waals surface area contributed by atoms with Gasteiger partial charge in [-0.1, -0.05) is 30.3 Å². The van der Waals surface area contributed by atoms with E-state index in [9.17, 15) is 9.90 Å². The Balaban J connectivity index is 1.57. The standard InChI is InChI=1S/C22H21N5O2/c28-17-8-2-1-7-16(17)19-18-20(26-25-19)22(29)27(13-14-5-3-9-23-11-14)21(18)15-6-4-10-24-12-15/h1-12,18-21,25-26,28H,13H2. The van der Waals surface area contributed by atoms with Gasteiger partial charge in [0.15, 0.2) is 0 Å². The highest BCUT2D eigenvalue weighted by Gasteiger charge is 2.55. The molecule has 29 heavy (non-hydrogen) atoms. The molecule has 146 valence electrons. The van der Waals surface area contributed by atoms with E-state index >= 15 is 0 Å². The van der Waals surface area contributed by atoms with Gasteiger partial charge in [-0.2, -0.15) is 0 Å². The van der Waals surface area contributed by atoms with E-state index in [1.54, 1.807) is 30.7 Å². The Morgan fingerprint density at radius 3 is 2.41 bits per heavy atom. The first kappa shape index (κ1) is 17.8. The van der Waals surface area contributed by atoms with Crippen LogP contribution in [0.25, 0.3) is 0 Å². The molecule has 4 atom stereocenters. The molecule has 2 aliphatic rings. The number of likely N-dealkylation sites (tertiary alicyclic amines) is 1. The van der Waals surface area contributed by atoms with Crippen molar-refractivity contribution in [2.45, 2.75) is 24.7 Å². The van der Waals surface area contributed by atoms with Crippen molar-refractivity contribution in [1.29, 1.82) is 0 Å². The second kappa shape index (κ2) is 7.27. The summed E-state index contributed by atoms with van der Waals surface area (Å²) in [5, 5.41) is 10.4. The number of pyridine rings is 2. The van der Waals surface area contributed by atoms with Crippen LogP contribution in [0.5, 0.6) is 5.75 Å². The van der Waals surface area contributed by atoms with Crippen molar-refractivity contribution in [3.8, 4) is 5.75 Å². The maximum Gasteiger partial charge on any atom is 0.242 e. The molecule has 2 aliphatic heterocycles. The normalized spacial score (nSPS) is 25.9. The first-order chi connectivity index (χ1) is 14.2. The van der Waals surface area contributed by atoms with Gasteiger partial charge in [0, 0.05) is 42.8 Å². The van der Waals surface area contributed by atoms with Crippen LogP contribution < -0.4 is 10.9 Å². The Hall–Kier alpha value is -3.29. The zero-order valence-electron chi connectivity index (χ0n) is 15.6. The number of hydrogen-bond donors (Lipinski definition) is 3. The summed E-state index contributed by atoms with van der Waals surface area (Å²) in [6.07, 6.45) is 7.06.